The maximum Gasteiger partial charge on any atom is 0.411 e. The number of fused-ring (bicyclic) bond motifs is 2. The van der Waals surface area contributed by atoms with Gasteiger partial charge < -0.3 is 24.6 Å². The minimum Gasteiger partial charge on any atom is -0.481 e. The van der Waals surface area contributed by atoms with E-state index >= 15 is 0 Å². The van der Waals surface area contributed by atoms with Crippen molar-refractivity contribution in [1.82, 2.24) is 9.80 Å². The van der Waals surface area contributed by atoms with Crippen LogP contribution >= 0.6 is 34.8 Å². The number of aliphatic hydroxyl groups is 1. The first kappa shape index (κ1) is 30.3. The van der Waals surface area contributed by atoms with Crippen molar-refractivity contribution in [3.05, 3.63) is 41.5 Å². The molecule has 210 valence electrons. The van der Waals surface area contributed by atoms with E-state index in [4.69, 9.17) is 44.3 Å². The summed E-state index contributed by atoms with van der Waals surface area (Å²) in [7, 11) is 0. The van der Waals surface area contributed by atoms with Gasteiger partial charge in [-0.15, -0.1) is 0 Å². The zero-order chi connectivity index (χ0) is 28.6. The van der Waals surface area contributed by atoms with Gasteiger partial charge in [-0.25, -0.2) is 9.59 Å². The van der Waals surface area contributed by atoms with E-state index in [1.807, 2.05) is 12.1 Å². The summed E-state index contributed by atoms with van der Waals surface area (Å²) in [6, 6.07) is 5.48. The Morgan fingerprint density at radius 2 is 1.58 bits per heavy atom. The number of carboxylic acids is 1. The number of ether oxygens (including phenoxy) is 2. The van der Waals surface area contributed by atoms with Crippen LogP contribution in [0.25, 0.3) is 5.57 Å². The first-order valence-electron chi connectivity index (χ1n) is 12.2. The number of amides is 2. The van der Waals surface area contributed by atoms with E-state index < -0.39 is 51.2 Å². The Kier molecular flexibility index (Phi) is 8.88. The topological polar surface area (TPSA) is 117 Å². The van der Waals surface area contributed by atoms with Gasteiger partial charge in [-0.05, 0) is 57.7 Å². The van der Waals surface area contributed by atoms with Crippen molar-refractivity contribution in [1.29, 1.82) is 0 Å². The second-order valence-electron chi connectivity index (χ2n) is 10.9. The summed E-state index contributed by atoms with van der Waals surface area (Å²) in [6.07, 6.45) is 0.656. The SMILES string of the molecule is CC(C)(C)OC(=O)N1C[C@H]2C=C(c3ccc(CCO)cc3)C(C(=O)O)[C@@H](C1)N2C(=O)OC(C)(C)C(Cl)(Cl)Cl. The van der Waals surface area contributed by atoms with Crippen LogP contribution in [-0.2, 0) is 20.7 Å². The van der Waals surface area contributed by atoms with Crippen LogP contribution in [0, 0.1) is 5.92 Å². The predicted octanol–water partition coefficient (Wildman–Crippen LogP) is 4.89. The predicted molar refractivity (Wildman–Crippen MR) is 144 cm³/mol. The lowest BCUT2D eigenvalue weighted by atomic mass is 9.78. The lowest BCUT2D eigenvalue weighted by Gasteiger charge is -2.51. The number of carbonyl (C=O) groups is 3. The molecule has 0 aromatic heterocycles. The fraction of sp³-hybridized carbons (Fsp3) is 0.577. The zero-order valence-electron chi connectivity index (χ0n) is 21.9. The van der Waals surface area contributed by atoms with Crippen molar-refractivity contribution >= 4 is 58.5 Å². The molecule has 2 N–H and O–H groups in total. The average molecular weight is 592 g/mol. The van der Waals surface area contributed by atoms with Gasteiger partial charge in [0, 0.05) is 19.7 Å². The maximum atomic E-state index is 13.5. The number of rotatable bonds is 5. The van der Waals surface area contributed by atoms with Crippen molar-refractivity contribution in [2.24, 2.45) is 5.92 Å². The highest BCUT2D eigenvalue weighted by Gasteiger charge is 2.53. The molecule has 3 atom stereocenters. The highest BCUT2D eigenvalue weighted by molar-refractivity contribution is 6.68. The third kappa shape index (κ3) is 6.68. The fourth-order valence-electron chi connectivity index (χ4n) is 4.51. The minimum atomic E-state index is -1.94. The molecule has 0 aliphatic carbocycles. The number of alkyl halides is 3. The summed E-state index contributed by atoms with van der Waals surface area (Å²) < 4.78 is 9.15. The molecule has 0 radical (unpaired) electrons. The largest absolute Gasteiger partial charge is 0.481 e. The van der Waals surface area contributed by atoms with Gasteiger partial charge in [-0.3, -0.25) is 9.69 Å². The van der Waals surface area contributed by atoms with Crippen LogP contribution in [0.5, 0.6) is 0 Å². The molecule has 1 unspecified atom stereocenters. The lowest BCUT2D eigenvalue weighted by molar-refractivity contribution is -0.143. The Labute approximate surface area is 237 Å². The number of halogens is 3. The zero-order valence-corrected chi connectivity index (χ0v) is 24.2. The number of benzene rings is 1. The minimum absolute atomic E-state index is 0.00788. The van der Waals surface area contributed by atoms with E-state index in [1.54, 1.807) is 39.0 Å². The molecule has 2 aliphatic rings. The number of carboxylic acid groups (broad SMARTS) is 1. The average Bonchev–Trinajstić information content (AvgIpc) is 2.76. The number of carbonyl (C=O) groups excluding carboxylic acids is 2. The van der Waals surface area contributed by atoms with Gasteiger partial charge in [0.15, 0.2) is 5.60 Å². The van der Waals surface area contributed by atoms with Crippen LogP contribution in [0.3, 0.4) is 0 Å². The summed E-state index contributed by atoms with van der Waals surface area (Å²) in [5.74, 6) is -2.37. The van der Waals surface area contributed by atoms with Gasteiger partial charge in [0.1, 0.15) is 11.5 Å². The number of hydrogen-bond donors (Lipinski definition) is 2. The molecule has 0 saturated carbocycles. The Hall–Kier alpha value is -2.20. The van der Waals surface area contributed by atoms with Crippen molar-refractivity contribution in [3.8, 4) is 0 Å². The fourth-order valence-corrected chi connectivity index (χ4v) is 4.62. The quantitative estimate of drug-likeness (QED) is 0.468. The molecule has 0 spiro atoms. The van der Waals surface area contributed by atoms with Crippen molar-refractivity contribution in [2.45, 2.75) is 68.1 Å². The Morgan fingerprint density at radius 1 is 0.974 bits per heavy atom. The van der Waals surface area contributed by atoms with Crippen molar-refractivity contribution in [2.75, 3.05) is 19.7 Å². The highest BCUT2D eigenvalue weighted by Crippen LogP contribution is 2.43. The Balaban J connectivity index is 2.05. The smallest absolute Gasteiger partial charge is 0.411 e. The van der Waals surface area contributed by atoms with Gasteiger partial charge >= 0.3 is 18.2 Å². The normalized spacial score (nSPS) is 22.0. The first-order chi connectivity index (χ1) is 17.4. The van der Waals surface area contributed by atoms with Gasteiger partial charge in [-0.2, -0.15) is 0 Å². The molecule has 2 heterocycles. The molecule has 1 aromatic carbocycles. The lowest BCUT2D eigenvalue weighted by Crippen LogP contribution is -2.67. The summed E-state index contributed by atoms with van der Waals surface area (Å²) in [6.45, 7) is 8.01. The van der Waals surface area contributed by atoms with Crippen LogP contribution in [0.2, 0.25) is 0 Å². The van der Waals surface area contributed by atoms with E-state index in [0.717, 1.165) is 5.56 Å². The molecule has 3 rings (SSSR count). The third-order valence-corrected chi connectivity index (χ3v) is 7.83. The van der Waals surface area contributed by atoms with Gasteiger partial charge in [-0.1, -0.05) is 65.1 Å². The van der Waals surface area contributed by atoms with E-state index in [0.29, 0.717) is 17.6 Å². The Morgan fingerprint density at radius 3 is 2.08 bits per heavy atom. The summed E-state index contributed by atoms with van der Waals surface area (Å²) in [4.78, 5) is 41.8. The van der Waals surface area contributed by atoms with Crippen molar-refractivity contribution in [3.63, 3.8) is 0 Å². The van der Waals surface area contributed by atoms with Crippen LogP contribution in [-0.4, -0.2) is 84.9 Å². The third-order valence-electron chi connectivity index (χ3n) is 6.46. The number of aliphatic hydroxyl groups excluding tert-OH is 1. The Bertz CT molecular complexity index is 1090. The van der Waals surface area contributed by atoms with Crippen LogP contribution in [0.15, 0.2) is 30.3 Å². The second-order valence-corrected chi connectivity index (χ2v) is 13.2. The highest BCUT2D eigenvalue weighted by atomic mass is 35.6. The molecule has 12 heteroatoms. The van der Waals surface area contributed by atoms with Crippen LogP contribution < -0.4 is 0 Å². The monoisotopic (exact) mass is 590 g/mol. The molecular formula is C26H33Cl3N2O7. The number of piperazine rings is 1. The molecular weight excluding hydrogens is 559 g/mol. The van der Waals surface area contributed by atoms with Crippen LogP contribution in [0.1, 0.15) is 45.7 Å². The van der Waals surface area contributed by atoms with Gasteiger partial charge in [0.05, 0.1) is 12.1 Å². The molecule has 1 aromatic rings. The molecule has 38 heavy (non-hydrogen) atoms. The number of hydrogen-bond acceptors (Lipinski definition) is 6. The van der Waals surface area contributed by atoms with Crippen LogP contribution in [0.4, 0.5) is 9.59 Å². The second kappa shape index (κ2) is 11.1. The molecule has 2 amide bonds. The summed E-state index contributed by atoms with van der Waals surface area (Å²) in [5, 5.41) is 19.6. The van der Waals surface area contributed by atoms with E-state index in [-0.39, 0.29) is 19.7 Å². The number of nitrogens with zero attached hydrogens (tertiary/aromatic N) is 2. The van der Waals surface area contributed by atoms with E-state index in [9.17, 15) is 24.6 Å². The molecule has 2 bridgehead atoms. The standard InChI is InChI=1S/C26H33Cl3N2O7/c1-24(2,3)37-22(35)30-13-17-12-18(16-8-6-15(7-9-16)10-11-32)20(21(33)34)19(14-30)31(17)23(36)38-25(4,5)26(27,28)29/h6-9,12,17,19-20,32H,10-11,13-14H2,1-5H3,(H,33,34)/t17-,19-,20?/m1/s1. The molecule has 1 saturated heterocycles. The summed E-state index contributed by atoms with van der Waals surface area (Å²) in [5.41, 5.74) is -0.222. The number of aliphatic carboxylic acids is 1. The van der Waals surface area contributed by atoms with E-state index in [1.165, 1.54) is 23.6 Å². The maximum absolute atomic E-state index is 13.5. The molecule has 2 aliphatic heterocycles. The van der Waals surface area contributed by atoms with Gasteiger partial charge in [0.2, 0.25) is 3.79 Å². The summed E-state index contributed by atoms with van der Waals surface area (Å²) >= 11 is 18.0. The molecule has 9 nitrogen and oxygen atoms in total. The first-order valence-corrected chi connectivity index (χ1v) is 13.3. The molecule has 1 fully saturated rings. The van der Waals surface area contributed by atoms with Crippen molar-refractivity contribution < 1.29 is 34.1 Å². The van der Waals surface area contributed by atoms with E-state index in [2.05, 4.69) is 0 Å². The van der Waals surface area contributed by atoms with Gasteiger partial charge in [0.25, 0.3) is 0 Å².